The van der Waals surface area contributed by atoms with Crippen LogP contribution in [0.25, 0.3) is 0 Å². The minimum absolute atomic E-state index is 0.0254. The van der Waals surface area contributed by atoms with Crippen LogP contribution in [0.15, 0.2) is 46.9 Å². The van der Waals surface area contributed by atoms with Crippen LogP contribution in [0, 0.1) is 25.2 Å². The topological polar surface area (TPSA) is 178 Å². The van der Waals surface area contributed by atoms with Gasteiger partial charge in [-0.2, -0.15) is 5.26 Å². The van der Waals surface area contributed by atoms with Gasteiger partial charge in [0.25, 0.3) is 0 Å². The maximum atomic E-state index is 15.1. The zero-order valence-corrected chi connectivity index (χ0v) is 38.3. The fourth-order valence-corrected chi connectivity index (χ4v) is 13.2. The van der Waals surface area contributed by atoms with Crippen LogP contribution in [0.4, 0.5) is 0 Å². The van der Waals surface area contributed by atoms with E-state index < -0.39 is 52.9 Å². The molecule has 17 heteroatoms. The van der Waals surface area contributed by atoms with E-state index in [0.717, 1.165) is 16.7 Å². The average Bonchev–Trinajstić information content (AvgIpc) is 3.77. The lowest BCUT2D eigenvalue weighted by molar-refractivity contribution is -0.157. The predicted molar refractivity (Wildman–Crippen MR) is 235 cm³/mol. The number of benzene rings is 4. The van der Waals surface area contributed by atoms with Crippen LogP contribution in [0.2, 0.25) is 0 Å². The molecule has 4 bridgehead atoms. The van der Waals surface area contributed by atoms with E-state index in [1.54, 1.807) is 36.4 Å². The van der Waals surface area contributed by atoms with Crippen molar-refractivity contribution in [2.45, 2.75) is 74.6 Å². The van der Waals surface area contributed by atoms with Crippen LogP contribution in [0.5, 0.6) is 40.2 Å². The Bertz CT molecular complexity index is 2730. The van der Waals surface area contributed by atoms with Crippen molar-refractivity contribution in [3.63, 3.8) is 0 Å². The van der Waals surface area contributed by atoms with E-state index in [0.29, 0.717) is 80.2 Å². The van der Waals surface area contributed by atoms with Gasteiger partial charge in [-0.05, 0) is 96.2 Å². The number of carbonyl (C=O) groups excluding carboxylic acids is 3. The fourth-order valence-electron chi connectivity index (χ4n) is 11.0. The SMILES string of the molecule is COc1cc2c(cc1OC(=O)c1ccccc1Br)CCN[C@]21CS[C@@H]2c3c(OC(C)=O)c(C)c4c(c3[C@H](COC1=O)N1[C@@H]2[C@H]2c3c(cc(C)c(OC)c3O)C[C@@H]([C@@H]1C#N)N2C)OCO4. The molecule has 2 fully saturated rings. The lowest BCUT2D eigenvalue weighted by Gasteiger charge is -2.62. The Morgan fingerprint density at radius 1 is 1.00 bits per heavy atom. The number of phenolic OH excluding ortho intramolecular Hbond substituents is 1. The molecule has 0 radical (unpaired) electrons. The van der Waals surface area contributed by atoms with Gasteiger partial charge < -0.3 is 38.3 Å². The summed E-state index contributed by atoms with van der Waals surface area (Å²) in [5.41, 5.74) is 4.48. The molecule has 1 spiro atoms. The van der Waals surface area contributed by atoms with E-state index in [9.17, 15) is 20.0 Å². The van der Waals surface area contributed by atoms with Crippen molar-refractivity contribution in [2.75, 3.05) is 47.0 Å². The molecule has 4 aromatic rings. The van der Waals surface area contributed by atoms with Gasteiger partial charge in [-0.1, -0.05) is 18.2 Å². The molecule has 64 heavy (non-hydrogen) atoms. The number of piperazine rings is 1. The number of methoxy groups -OCH3 is 2. The third-order valence-corrected chi connectivity index (χ3v) is 15.9. The molecule has 2 N–H and O–H groups in total. The van der Waals surface area contributed by atoms with Crippen molar-refractivity contribution in [3.05, 3.63) is 97.0 Å². The van der Waals surface area contributed by atoms with Crippen LogP contribution in [-0.4, -0.2) is 97.9 Å². The third-order valence-electron chi connectivity index (χ3n) is 13.7. The van der Waals surface area contributed by atoms with Gasteiger partial charge in [-0.3, -0.25) is 19.9 Å². The molecule has 15 nitrogen and oxygen atoms in total. The highest BCUT2D eigenvalue weighted by atomic mass is 79.9. The largest absolute Gasteiger partial charge is 0.504 e. The standard InChI is InChI=1S/C47H45BrN4O11S/c1-21-13-25-14-29-30(17-49)52-31-18-59-46(56)47(27-16-32(57-5)33(15-24(27)11-12-50-47)63-45(55)26-9-7-8-10-28(26)48)19-64-44(38(52)37(51(29)4)34(25)39(54)40(21)58-6)36-35(31)43-42(60-20-61-43)22(2)41(36)62-23(3)53/h7-10,13,15-16,29-31,37-38,44,50,54H,11-12,14,18-20H2,1-6H3/t29-,30-,31-,37+,38+,44+,47+/m0/s1. The molecule has 0 amide bonds. The zero-order chi connectivity index (χ0) is 44.9. The van der Waals surface area contributed by atoms with Crippen LogP contribution in [-0.2, 0) is 32.7 Å². The Morgan fingerprint density at radius 3 is 2.52 bits per heavy atom. The second kappa shape index (κ2) is 15.9. The molecule has 0 aromatic heterocycles. The molecule has 0 aliphatic carbocycles. The smallest absolute Gasteiger partial charge is 0.344 e. The molecule has 4 aromatic carbocycles. The maximum Gasteiger partial charge on any atom is 0.344 e. The lowest BCUT2D eigenvalue weighted by atomic mass is 9.71. The molecular weight excluding hydrogens is 909 g/mol. The number of nitrogens with zero attached hydrogens (tertiary/aromatic N) is 3. The normalized spacial score (nSPS) is 26.4. The number of carbonyl (C=O) groups is 3. The summed E-state index contributed by atoms with van der Waals surface area (Å²) in [6.45, 7) is 5.15. The Hall–Kier alpha value is -5.51. The van der Waals surface area contributed by atoms with Crippen LogP contribution in [0.1, 0.15) is 79.1 Å². The molecule has 0 saturated carbocycles. The maximum absolute atomic E-state index is 15.1. The zero-order valence-electron chi connectivity index (χ0n) is 35.9. The number of thioether (sulfide) groups is 1. The fraction of sp³-hybridized carbons (Fsp3) is 0.404. The number of aryl methyl sites for hydroxylation is 1. The molecule has 2 saturated heterocycles. The molecule has 7 aliphatic heterocycles. The van der Waals surface area contributed by atoms with E-state index in [4.69, 9.17) is 33.2 Å². The number of phenols is 1. The highest BCUT2D eigenvalue weighted by Crippen LogP contribution is 2.64. The molecule has 11 rings (SSSR count). The Morgan fingerprint density at radius 2 is 1.78 bits per heavy atom. The summed E-state index contributed by atoms with van der Waals surface area (Å²) in [5.74, 6) is 0.433. The number of aromatic hydroxyl groups is 1. The molecule has 7 aliphatic rings. The summed E-state index contributed by atoms with van der Waals surface area (Å²) < 4.78 is 43.2. The second-order valence-electron chi connectivity index (χ2n) is 16.9. The van der Waals surface area contributed by atoms with Gasteiger partial charge in [0.2, 0.25) is 6.79 Å². The van der Waals surface area contributed by atoms with Crippen molar-refractivity contribution in [2.24, 2.45) is 0 Å². The van der Waals surface area contributed by atoms with E-state index in [1.165, 1.54) is 32.9 Å². The second-order valence-corrected chi connectivity index (χ2v) is 18.9. The van der Waals surface area contributed by atoms with Gasteiger partial charge >= 0.3 is 17.9 Å². The highest BCUT2D eigenvalue weighted by molar-refractivity contribution is 9.10. The van der Waals surface area contributed by atoms with Crippen molar-refractivity contribution < 1.29 is 52.6 Å². The first-order chi connectivity index (χ1) is 30.8. The van der Waals surface area contributed by atoms with E-state index >= 15 is 4.79 Å². The summed E-state index contributed by atoms with van der Waals surface area (Å²) in [6.07, 6.45) is 0.966. The third kappa shape index (κ3) is 6.20. The molecular formula is C47H45BrN4O11S. The number of nitriles is 1. The lowest BCUT2D eigenvalue weighted by Crippen LogP contribution is -2.69. The monoisotopic (exact) mass is 952 g/mol. The van der Waals surface area contributed by atoms with Crippen LogP contribution in [0.3, 0.4) is 0 Å². The van der Waals surface area contributed by atoms with Crippen molar-refractivity contribution in [1.82, 2.24) is 15.1 Å². The number of hydrogen-bond donors (Lipinski definition) is 2. The van der Waals surface area contributed by atoms with E-state index in [-0.39, 0.29) is 42.4 Å². The average molecular weight is 954 g/mol. The molecule has 332 valence electrons. The van der Waals surface area contributed by atoms with Gasteiger partial charge in [0.1, 0.15) is 18.4 Å². The van der Waals surface area contributed by atoms with Crippen LogP contribution < -0.4 is 33.7 Å². The summed E-state index contributed by atoms with van der Waals surface area (Å²) in [4.78, 5) is 46.0. The van der Waals surface area contributed by atoms with Crippen molar-refractivity contribution >= 4 is 45.6 Å². The summed E-state index contributed by atoms with van der Waals surface area (Å²) in [5, 5.41) is 26.3. The Kier molecular flexibility index (Phi) is 10.5. The van der Waals surface area contributed by atoms with Crippen molar-refractivity contribution in [1.29, 1.82) is 5.26 Å². The number of esters is 3. The number of ether oxygens (including phenoxy) is 7. The quantitative estimate of drug-likeness (QED) is 0.169. The number of rotatable bonds is 5. The van der Waals surface area contributed by atoms with Gasteiger partial charge in [-0.15, -0.1) is 11.8 Å². The summed E-state index contributed by atoms with van der Waals surface area (Å²) in [6, 6.07) is 12.2. The molecule has 7 heterocycles. The number of fused-ring (bicyclic) bond motifs is 9. The van der Waals surface area contributed by atoms with Crippen LogP contribution >= 0.6 is 27.7 Å². The highest BCUT2D eigenvalue weighted by Gasteiger charge is 2.62. The number of halogens is 1. The predicted octanol–water partition coefficient (Wildman–Crippen LogP) is 6.26. The number of likely N-dealkylation sites (N-methyl/N-ethyl adjacent to an activating group) is 1. The van der Waals surface area contributed by atoms with Crippen molar-refractivity contribution in [3.8, 4) is 46.3 Å². The number of nitrogens with one attached hydrogen (secondary N) is 1. The Labute approximate surface area is 381 Å². The molecule has 7 atom stereocenters. The first kappa shape index (κ1) is 42.4. The minimum atomic E-state index is -1.45. The molecule has 0 unspecified atom stereocenters. The minimum Gasteiger partial charge on any atom is -0.504 e. The Balaban J connectivity index is 1.18. The summed E-state index contributed by atoms with van der Waals surface area (Å²) >= 11 is 4.90. The summed E-state index contributed by atoms with van der Waals surface area (Å²) in [7, 11) is 4.99. The first-order valence-electron chi connectivity index (χ1n) is 21.0. The van der Waals surface area contributed by atoms with Gasteiger partial charge in [0.05, 0.1) is 43.2 Å². The first-order valence-corrected chi connectivity index (χ1v) is 22.8. The van der Waals surface area contributed by atoms with Gasteiger partial charge in [0, 0.05) is 58.0 Å². The van der Waals surface area contributed by atoms with Gasteiger partial charge in [-0.25, -0.2) is 9.59 Å². The number of hydrogen-bond acceptors (Lipinski definition) is 16. The van der Waals surface area contributed by atoms with E-state index in [1.807, 2.05) is 27.0 Å². The van der Waals surface area contributed by atoms with Gasteiger partial charge in [0.15, 0.2) is 40.0 Å². The van der Waals surface area contributed by atoms with E-state index in [2.05, 4.69) is 37.1 Å².